The maximum Gasteiger partial charge on any atom is 0.184 e. The van der Waals surface area contributed by atoms with Crippen LogP contribution in [0.1, 0.15) is 0 Å². The summed E-state index contributed by atoms with van der Waals surface area (Å²) in [6, 6.07) is 5.53. The zero-order chi connectivity index (χ0) is 16.4. The molecule has 0 saturated heterocycles. The summed E-state index contributed by atoms with van der Waals surface area (Å²) in [7, 11) is 3.17. The molecule has 8 heteroatoms. The minimum Gasteiger partial charge on any atom is -0.493 e. The first kappa shape index (κ1) is 18.6. The molecule has 0 heterocycles. The van der Waals surface area contributed by atoms with E-state index in [-0.39, 0.29) is 0 Å². The topological polar surface area (TPSA) is 27.7 Å². The first-order valence-corrected chi connectivity index (χ1v) is 9.77. The summed E-state index contributed by atoms with van der Waals surface area (Å²) in [6.07, 6.45) is 0. The summed E-state index contributed by atoms with van der Waals surface area (Å²) < 4.78 is 20.9. The molecule has 0 aliphatic rings. The first-order valence-electron chi connectivity index (χ1n) is 5.81. The highest BCUT2D eigenvalue weighted by Gasteiger charge is 2.19. The van der Waals surface area contributed by atoms with E-state index in [0.29, 0.717) is 23.0 Å². The van der Waals surface area contributed by atoms with Gasteiger partial charge in [-0.15, -0.1) is 0 Å². The smallest absolute Gasteiger partial charge is 0.184 e. The Morgan fingerprint density at radius 2 is 1.36 bits per heavy atom. The fourth-order valence-electron chi connectivity index (χ4n) is 1.72. The van der Waals surface area contributed by atoms with Crippen LogP contribution in [0, 0.1) is 0 Å². The Bertz CT molecular complexity index is 718. The number of benzene rings is 2. The number of hydrogen-bond donors (Lipinski definition) is 0. The van der Waals surface area contributed by atoms with Gasteiger partial charge in [0.05, 0.1) is 23.2 Å². The maximum absolute atomic E-state index is 6.04. The molecule has 118 valence electrons. The van der Waals surface area contributed by atoms with Crippen molar-refractivity contribution in [1.82, 2.24) is 0 Å². The summed E-state index contributed by atoms with van der Waals surface area (Å²) in [4.78, 5) is 0. The predicted molar refractivity (Wildman–Crippen MR) is 105 cm³/mol. The molecule has 22 heavy (non-hydrogen) atoms. The number of methoxy groups -OCH3 is 2. The Hall–Kier alpha value is 0.240. The highest BCUT2D eigenvalue weighted by Crippen LogP contribution is 2.49. The second-order valence-corrected chi connectivity index (χ2v) is 8.25. The molecule has 2 rings (SSSR count). The van der Waals surface area contributed by atoms with Crippen molar-refractivity contribution in [1.29, 1.82) is 0 Å². The molecule has 0 fully saturated rings. The third-order valence-electron chi connectivity index (χ3n) is 2.69. The minimum atomic E-state index is 0.542. The van der Waals surface area contributed by atoms with Crippen molar-refractivity contribution >= 4 is 79.6 Å². The van der Waals surface area contributed by atoms with Crippen LogP contribution in [-0.4, -0.2) is 14.2 Å². The molecule has 0 amide bonds. The van der Waals surface area contributed by atoms with E-state index >= 15 is 0 Å². The largest absolute Gasteiger partial charge is 0.493 e. The lowest BCUT2D eigenvalue weighted by atomic mass is 10.3. The van der Waals surface area contributed by atoms with E-state index in [1.54, 1.807) is 14.2 Å². The molecule has 0 aromatic heterocycles. The Balaban J connectivity index is 2.59. The summed E-state index contributed by atoms with van der Waals surface area (Å²) >= 11 is 17.4. The van der Waals surface area contributed by atoms with Gasteiger partial charge >= 0.3 is 0 Å². The molecule has 0 aliphatic heterocycles. The van der Waals surface area contributed by atoms with Crippen LogP contribution >= 0.6 is 79.6 Å². The van der Waals surface area contributed by atoms with Crippen molar-refractivity contribution in [2.45, 2.75) is 0 Å². The molecular weight excluding hydrogens is 616 g/mol. The fourth-order valence-corrected chi connectivity index (χ4v) is 4.53. The number of rotatable bonds is 4. The quantitative estimate of drug-likeness (QED) is 0.334. The van der Waals surface area contributed by atoms with Gasteiger partial charge in [0, 0.05) is 13.4 Å². The van der Waals surface area contributed by atoms with Gasteiger partial charge in [-0.1, -0.05) is 15.9 Å². The van der Waals surface area contributed by atoms with Crippen molar-refractivity contribution in [3.63, 3.8) is 0 Å². The van der Waals surface area contributed by atoms with Gasteiger partial charge in [0.15, 0.2) is 23.0 Å². The minimum absolute atomic E-state index is 0.542. The lowest BCUT2D eigenvalue weighted by molar-refractivity contribution is 0.353. The Morgan fingerprint density at radius 1 is 0.682 bits per heavy atom. The van der Waals surface area contributed by atoms with Gasteiger partial charge in [0.2, 0.25) is 0 Å². The van der Waals surface area contributed by atoms with Gasteiger partial charge < -0.3 is 14.2 Å². The third kappa shape index (κ3) is 3.83. The number of hydrogen-bond acceptors (Lipinski definition) is 3. The summed E-state index contributed by atoms with van der Waals surface area (Å²) in [5.74, 6) is 2.27. The van der Waals surface area contributed by atoms with Crippen LogP contribution in [-0.2, 0) is 0 Å². The average molecular weight is 625 g/mol. The Labute approximate surface area is 170 Å². The molecule has 3 nitrogen and oxygen atoms in total. The lowest BCUT2D eigenvalue weighted by Crippen LogP contribution is -1.96. The molecule has 2 aromatic carbocycles. The average Bonchev–Trinajstić information content (AvgIpc) is 2.47. The third-order valence-corrected chi connectivity index (χ3v) is 7.01. The van der Waals surface area contributed by atoms with E-state index in [2.05, 4.69) is 79.6 Å². The van der Waals surface area contributed by atoms with Crippen LogP contribution in [0.15, 0.2) is 40.6 Å². The van der Waals surface area contributed by atoms with Gasteiger partial charge in [0.25, 0.3) is 0 Å². The van der Waals surface area contributed by atoms with Crippen molar-refractivity contribution in [3.05, 3.63) is 40.6 Å². The molecular formula is C14H9Br5O3. The van der Waals surface area contributed by atoms with Gasteiger partial charge in [-0.05, 0) is 81.9 Å². The zero-order valence-corrected chi connectivity index (χ0v) is 19.3. The molecule has 0 unspecified atom stereocenters. The van der Waals surface area contributed by atoms with E-state index in [4.69, 9.17) is 14.2 Å². The normalized spacial score (nSPS) is 10.5. The Morgan fingerprint density at radius 3 is 1.95 bits per heavy atom. The maximum atomic E-state index is 6.04. The van der Waals surface area contributed by atoms with Crippen molar-refractivity contribution < 1.29 is 14.2 Å². The van der Waals surface area contributed by atoms with Gasteiger partial charge in [-0.25, -0.2) is 0 Å². The van der Waals surface area contributed by atoms with Crippen LogP contribution < -0.4 is 14.2 Å². The zero-order valence-electron chi connectivity index (χ0n) is 11.3. The standard InChI is InChI=1S/C14H9Br5O3/c1-20-9-5-7(16)11(18)12(19)14(9)22-10-4-6(15)3-8(17)13(10)21-2/h3-5H,1-2H3. The van der Waals surface area contributed by atoms with Crippen molar-refractivity contribution in [2.24, 2.45) is 0 Å². The summed E-state index contributed by atoms with van der Waals surface area (Å²) in [6.45, 7) is 0. The van der Waals surface area contributed by atoms with E-state index in [1.165, 1.54) is 0 Å². The predicted octanol–water partition coefficient (Wildman–Crippen LogP) is 7.31. The molecule has 0 radical (unpaired) electrons. The van der Waals surface area contributed by atoms with E-state index in [0.717, 1.165) is 22.4 Å². The molecule has 0 atom stereocenters. The molecule has 0 spiro atoms. The highest BCUT2D eigenvalue weighted by molar-refractivity contribution is 9.14. The number of halogens is 5. The van der Waals surface area contributed by atoms with Gasteiger partial charge in [0.1, 0.15) is 0 Å². The van der Waals surface area contributed by atoms with Crippen molar-refractivity contribution in [2.75, 3.05) is 14.2 Å². The van der Waals surface area contributed by atoms with Crippen LogP contribution in [0.4, 0.5) is 0 Å². The van der Waals surface area contributed by atoms with Crippen LogP contribution in [0.3, 0.4) is 0 Å². The fraction of sp³-hybridized carbons (Fsp3) is 0.143. The second kappa shape index (κ2) is 7.88. The summed E-state index contributed by atoms with van der Waals surface area (Å²) in [5, 5.41) is 0. The highest BCUT2D eigenvalue weighted by atomic mass is 79.9. The van der Waals surface area contributed by atoms with Crippen LogP contribution in [0.25, 0.3) is 0 Å². The number of ether oxygens (including phenoxy) is 3. The van der Waals surface area contributed by atoms with Gasteiger partial charge in [-0.2, -0.15) is 0 Å². The van der Waals surface area contributed by atoms with Crippen LogP contribution in [0.2, 0.25) is 0 Å². The molecule has 0 saturated carbocycles. The van der Waals surface area contributed by atoms with Crippen molar-refractivity contribution in [3.8, 4) is 23.0 Å². The van der Waals surface area contributed by atoms with Gasteiger partial charge in [-0.3, -0.25) is 0 Å². The first-order chi connectivity index (χ1) is 10.4. The van der Waals surface area contributed by atoms with E-state index < -0.39 is 0 Å². The molecule has 0 N–H and O–H groups in total. The lowest BCUT2D eigenvalue weighted by Gasteiger charge is -2.17. The molecule has 2 aromatic rings. The Kier molecular flexibility index (Phi) is 6.65. The molecule has 0 aliphatic carbocycles. The second-order valence-electron chi connectivity index (χ2n) is 4.04. The van der Waals surface area contributed by atoms with E-state index in [1.807, 2.05) is 18.2 Å². The molecule has 0 bridgehead atoms. The van der Waals surface area contributed by atoms with Crippen LogP contribution in [0.5, 0.6) is 23.0 Å². The monoisotopic (exact) mass is 620 g/mol. The van der Waals surface area contributed by atoms with E-state index in [9.17, 15) is 0 Å². The SMILES string of the molecule is COc1cc(Br)c(Br)c(Br)c1Oc1cc(Br)cc(Br)c1OC. The summed E-state index contributed by atoms with van der Waals surface area (Å²) in [5.41, 5.74) is 0.